The predicted molar refractivity (Wildman–Crippen MR) is 137 cm³/mol. The van der Waals surface area contributed by atoms with Crippen LogP contribution in [0.1, 0.15) is 74.6 Å². The zero-order chi connectivity index (χ0) is 25.3. The smallest absolute Gasteiger partial charge is 0.371 e. The van der Waals surface area contributed by atoms with Gasteiger partial charge in [-0.25, -0.2) is 4.98 Å². The first-order valence-electron chi connectivity index (χ1n) is 13.4. The highest BCUT2D eigenvalue weighted by Crippen LogP contribution is 2.39. The van der Waals surface area contributed by atoms with Gasteiger partial charge in [-0.1, -0.05) is 15.8 Å². The molecule has 36 heavy (non-hydrogen) atoms. The number of alkyl halides is 1. The van der Waals surface area contributed by atoms with E-state index in [4.69, 9.17) is 4.98 Å². The molecule has 0 aromatic carbocycles. The number of ketones is 1. The lowest BCUT2D eigenvalue weighted by molar-refractivity contribution is -0.895. The summed E-state index contributed by atoms with van der Waals surface area (Å²) in [6, 6.07) is 3.85. The Morgan fingerprint density at radius 2 is 2.11 bits per heavy atom. The second-order valence-corrected chi connectivity index (χ2v) is 10.1. The van der Waals surface area contributed by atoms with Crippen molar-refractivity contribution in [3.63, 3.8) is 0 Å². The number of aromatic nitrogens is 3. The summed E-state index contributed by atoms with van der Waals surface area (Å²) in [5.74, 6) is 1.77. The predicted octanol–water partition coefficient (Wildman–Crippen LogP) is 3.68. The van der Waals surface area contributed by atoms with Gasteiger partial charge in [-0.15, -0.1) is 0 Å². The summed E-state index contributed by atoms with van der Waals surface area (Å²) in [5, 5.41) is 16.8. The lowest BCUT2D eigenvalue weighted by atomic mass is 10.1. The summed E-state index contributed by atoms with van der Waals surface area (Å²) in [6.07, 6.45) is 11.9. The zero-order valence-corrected chi connectivity index (χ0v) is 21.4. The highest BCUT2D eigenvalue weighted by atomic mass is 19.1. The van der Waals surface area contributed by atoms with Crippen LogP contribution in [0.25, 0.3) is 0 Å². The van der Waals surface area contributed by atoms with Crippen molar-refractivity contribution in [3.8, 4) is 0 Å². The Bertz CT molecular complexity index is 1020. The Labute approximate surface area is 213 Å². The van der Waals surface area contributed by atoms with Gasteiger partial charge < -0.3 is 15.4 Å². The number of aryl methyl sites for hydroxylation is 2. The van der Waals surface area contributed by atoms with Crippen molar-refractivity contribution in [1.29, 1.82) is 0 Å². The molecule has 2 aliphatic rings. The van der Waals surface area contributed by atoms with E-state index in [2.05, 4.69) is 32.7 Å². The van der Waals surface area contributed by atoms with Gasteiger partial charge in [0.2, 0.25) is 0 Å². The van der Waals surface area contributed by atoms with E-state index < -0.39 is 6.04 Å². The van der Waals surface area contributed by atoms with Gasteiger partial charge in [0.05, 0.1) is 6.67 Å². The number of hydrogen-bond acceptors (Lipinski definition) is 7. The van der Waals surface area contributed by atoms with Gasteiger partial charge in [0, 0.05) is 37.3 Å². The van der Waals surface area contributed by atoms with Gasteiger partial charge in [-0.2, -0.15) is 0 Å². The number of anilines is 2. The molecular weight excluding hydrogens is 459 g/mol. The van der Waals surface area contributed by atoms with Crippen LogP contribution in [0.4, 0.5) is 16.2 Å². The molecule has 8 nitrogen and oxygen atoms in total. The summed E-state index contributed by atoms with van der Waals surface area (Å²) in [5.41, 5.74) is 3.43. The fraction of sp³-hybridized carbons (Fsp3) is 0.630. The topological polar surface area (TPSA) is 94.3 Å². The molecule has 1 saturated carbocycles. The van der Waals surface area contributed by atoms with Crippen LogP contribution < -0.4 is 15.4 Å². The Morgan fingerprint density at radius 3 is 2.86 bits per heavy atom. The monoisotopic (exact) mass is 499 g/mol. The van der Waals surface area contributed by atoms with E-state index in [0.717, 1.165) is 79.8 Å². The van der Waals surface area contributed by atoms with Gasteiger partial charge in [0.15, 0.2) is 5.78 Å². The van der Waals surface area contributed by atoms with Crippen LogP contribution in [0.5, 0.6) is 0 Å². The molecule has 1 fully saturated rings. The zero-order valence-electron chi connectivity index (χ0n) is 21.4. The number of nitrogens with one attached hydrogen (secondary N) is 2. The van der Waals surface area contributed by atoms with Gasteiger partial charge in [-0.3, -0.25) is 14.5 Å². The van der Waals surface area contributed by atoms with E-state index in [9.17, 15) is 14.4 Å². The largest absolute Gasteiger partial charge is 0.428 e. The minimum atomic E-state index is -0.470. The van der Waals surface area contributed by atoms with Crippen LogP contribution in [0.3, 0.4) is 0 Å². The van der Waals surface area contributed by atoms with Crippen molar-refractivity contribution in [2.45, 2.75) is 76.7 Å². The SMILES string of the molecule is CC(=O)[C@H](CCN(CCCF)CCCCc1ccc2c(n1)NCCC2)Nc1ncc(C2CC2)c[n+]1O. The lowest BCUT2D eigenvalue weighted by Crippen LogP contribution is -2.41. The maximum absolute atomic E-state index is 12.9. The highest BCUT2D eigenvalue weighted by molar-refractivity contribution is 5.83. The number of hydrogen-bond donors (Lipinski definition) is 3. The molecule has 1 atom stereocenters. The standard InChI is InChI=1S/C27H39FN6O2/c1-20(35)25(32-27-30-18-23(19-34(27)36)21-8-9-21)12-17-33(16-5-13-28)15-3-2-7-24-11-10-22-6-4-14-29-26(22)31-24/h10-11,18-19,21,25,36H,2-9,12-17H2,1H3,(H,29,31)/p+1/t25-/m0/s1. The summed E-state index contributed by atoms with van der Waals surface area (Å²) < 4.78 is 13.9. The average Bonchev–Trinajstić information content (AvgIpc) is 3.73. The van der Waals surface area contributed by atoms with Crippen molar-refractivity contribution >= 4 is 17.5 Å². The lowest BCUT2D eigenvalue weighted by Gasteiger charge is -2.23. The Balaban J connectivity index is 1.25. The molecule has 4 rings (SSSR count). The molecule has 1 aliphatic carbocycles. The van der Waals surface area contributed by atoms with E-state index in [1.165, 1.54) is 5.56 Å². The molecule has 0 saturated heterocycles. The number of carbonyl (C=O) groups is 1. The number of nitrogens with zero attached hydrogens (tertiary/aromatic N) is 4. The van der Waals surface area contributed by atoms with Crippen LogP contribution in [-0.2, 0) is 17.6 Å². The minimum Gasteiger partial charge on any atom is -0.371 e. The molecule has 2 aromatic rings. The number of halogens is 1. The van der Waals surface area contributed by atoms with Crippen molar-refractivity contribution in [3.05, 3.63) is 41.3 Å². The second kappa shape index (κ2) is 12.9. The molecule has 196 valence electrons. The van der Waals surface area contributed by atoms with Gasteiger partial charge in [0.25, 0.3) is 0 Å². The molecule has 0 amide bonds. The molecule has 1 aliphatic heterocycles. The molecule has 2 aromatic heterocycles. The molecule has 0 spiro atoms. The minimum absolute atomic E-state index is 0.0133. The quantitative estimate of drug-likeness (QED) is 0.196. The maximum Gasteiger partial charge on any atom is 0.428 e. The van der Waals surface area contributed by atoms with E-state index in [1.807, 2.05) is 0 Å². The summed E-state index contributed by atoms with van der Waals surface area (Å²) in [4.78, 5) is 23.7. The second-order valence-electron chi connectivity index (χ2n) is 10.1. The molecule has 0 radical (unpaired) electrons. The van der Waals surface area contributed by atoms with Crippen LogP contribution in [0.2, 0.25) is 0 Å². The van der Waals surface area contributed by atoms with Crippen LogP contribution in [-0.4, -0.2) is 64.8 Å². The number of fused-ring (bicyclic) bond motifs is 1. The van der Waals surface area contributed by atoms with Crippen molar-refractivity contribution < 1.29 is 19.1 Å². The average molecular weight is 500 g/mol. The highest BCUT2D eigenvalue weighted by Gasteiger charge is 2.28. The number of Topliss-reactive ketones (excluding diaryl/α,β-unsaturated/α-hetero) is 1. The van der Waals surface area contributed by atoms with E-state index in [0.29, 0.717) is 31.8 Å². The first-order valence-corrected chi connectivity index (χ1v) is 13.4. The number of pyridine rings is 1. The summed E-state index contributed by atoms with van der Waals surface area (Å²) >= 11 is 0. The third-order valence-electron chi connectivity index (χ3n) is 7.12. The molecule has 3 heterocycles. The van der Waals surface area contributed by atoms with Crippen molar-refractivity contribution in [2.24, 2.45) is 0 Å². The van der Waals surface area contributed by atoms with Crippen molar-refractivity contribution in [2.75, 3.05) is 43.5 Å². The first kappa shape index (κ1) is 26.3. The number of unbranched alkanes of at least 4 members (excludes halogenated alkanes) is 1. The van der Waals surface area contributed by atoms with E-state index in [-0.39, 0.29) is 18.4 Å². The molecule has 0 bridgehead atoms. The van der Waals surface area contributed by atoms with Crippen LogP contribution >= 0.6 is 0 Å². The number of carbonyl (C=O) groups excluding carboxylic acids is 1. The van der Waals surface area contributed by atoms with Crippen molar-refractivity contribution in [1.82, 2.24) is 14.9 Å². The Morgan fingerprint density at radius 1 is 1.28 bits per heavy atom. The fourth-order valence-corrected chi connectivity index (χ4v) is 4.77. The van der Waals surface area contributed by atoms with Gasteiger partial charge >= 0.3 is 5.95 Å². The van der Waals surface area contributed by atoms with Gasteiger partial charge in [-0.05, 0) is 82.4 Å². The fourth-order valence-electron chi connectivity index (χ4n) is 4.77. The first-order chi connectivity index (χ1) is 17.5. The summed E-state index contributed by atoms with van der Waals surface area (Å²) in [6.45, 7) is 4.37. The molecular formula is C27H40FN6O2+. The van der Waals surface area contributed by atoms with E-state index in [1.54, 1.807) is 19.3 Å². The Kier molecular flexibility index (Phi) is 9.44. The molecule has 9 heteroatoms. The normalized spacial score (nSPS) is 15.9. The maximum atomic E-state index is 12.9. The molecule has 0 unspecified atom stereocenters. The molecule has 3 N–H and O–H groups in total. The Hall–Kier alpha value is -2.81. The summed E-state index contributed by atoms with van der Waals surface area (Å²) in [7, 11) is 0. The third-order valence-corrected chi connectivity index (χ3v) is 7.12. The van der Waals surface area contributed by atoms with Gasteiger partial charge in [0.1, 0.15) is 24.3 Å². The number of rotatable bonds is 15. The van der Waals surface area contributed by atoms with Crippen LogP contribution in [0, 0.1) is 0 Å². The van der Waals surface area contributed by atoms with Crippen LogP contribution in [0.15, 0.2) is 24.5 Å². The third kappa shape index (κ3) is 7.59. The van der Waals surface area contributed by atoms with E-state index >= 15 is 0 Å².